The summed E-state index contributed by atoms with van der Waals surface area (Å²) in [5.41, 5.74) is 3.56. The lowest BCUT2D eigenvalue weighted by atomic mass is 10.1. The van der Waals surface area contributed by atoms with Gasteiger partial charge in [-0.2, -0.15) is 4.98 Å². The van der Waals surface area contributed by atoms with Crippen molar-refractivity contribution >= 4 is 23.1 Å². The Balaban J connectivity index is 1.70. The van der Waals surface area contributed by atoms with E-state index in [0.29, 0.717) is 23.3 Å². The van der Waals surface area contributed by atoms with Gasteiger partial charge in [0, 0.05) is 29.1 Å². The van der Waals surface area contributed by atoms with Gasteiger partial charge >= 0.3 is 0 Å². The van der Waals surface area contributed by atoms with Gasteiger partial charge in [-0.05, 0) is 24.3 Å². The van der Waals surface area contributed by atoms with Crippen molar-refractivity contribution in [3.05, 3.63) is 84.9 Å². The molecule has 0 spiro atoms. The van der Waals surface area contributed by atoms with E-state index in [4.69, 9.17) is 14.5 Å². The molecule has 0 aliphatic heterocycles. The number of hydrogen-bond acceptors (Lipinski definition) is 6. The molecule has 3 aromatic carbocycles. The molecule has 0 saturated carbocycles. The van der Waals surface area contributed by atoms with Crippen LogP contribution in [0.25, 0.3) is 11.3 Å². The smallest absolute Gasteiger partial charge is 0.229 e. The first-order valence-electron chi connectivity index (χ1n) is 9.51. The van der Waals surface area contributed by atoms with Crippen molar-refractivity contribution in [3.8, 4) is 22.8 Å². The molecule has 0 saturated heterocycles. The Morgan fingerprint density at radius 3 is 2.03 bits per heavy atom. The highest BCUT2D eigenvalue weighted by Gasteiger charge is 2.10. The van der Waals surface area contributed by atoms with E-state index in [-0.39, 0.29) is 0 Å². The van der Waals surface area contributed by atoms with Gasteiger partial charge in [0.15, 0.2) is 11.5 Å². The van der Waals surface area contributed by atoms with E-state index in [1.165, 1.54) is 0 Å². The van der Waals surface area contributed by atoms with Crippen LogP contribution in [0.1, 0.15) is 0 Å². The molecule has 0 amide bonds. The molecule has 0 atom stereocenters. The van der Waals surface area contributed by atoms with Gasteiger partial charge in [0.2, 0.25) is 5.95 Å². The van der Waals surface area contributed by atoms with Gasteiger partial charge in [0.1, 0.15) is 5.82 Å². The Morgan fingerprint density at radius 1 is 0.633 bits per heavy atom. The van der Waals surface area contributed by atoms with Crippen molar-refractivity contribution in [3.63, 3.8) is 0 Å². The number of ether oxygens (including phenoxy) is 2. The SMILES string of the molecule is COc1ccc(Nc2nc(Nc3ccccc3)cc(-c3ccccc3)n2)cc1OC. The quantitative estimate of drug-likeness (QED) is 0.419. The van der Waals surface area contributed by atoms with Gasteiger partial charge < -0.3 is 20.1 Å². The summed E-state index contributed by atoms with van der Waals surface area (Å²) < 4.78 is 10.7. The summed E-state index contributed by atoms with van der Waals surface area (Å²) in [6.45, 7) is 0. The third-order valence-corrected chi connectivity index (χ3v) is 4.48. The summed E-state index contributed by atoms with van der Waals surface area (Å²) in [4.78, 5) is 9.35. The lowest BCUT2D eigenvalue weighted by Crippen LogP contribution is -2.03. The van der Waals surface area contributed by atoms with E-state index in [2.05, 4.69) is 15.6 Å². The number of aromatic nitrogens is 2. The van der Waals surface area contributed by atoms with Crippen molar-refractivity contribution in [1.82, 2.24) is 9.97 Å². The van der Waals surface area contributed by atoms with Crippen LogP contribution in [-0.2, 0) is 0 Å². The van der Waals surface area contributed by atoms with E-state index >= 15 is 0 Å². The maximum atomic E-state index is 5.39. The van der Waals surface area contributed by atoms with Crippen LogP contribution in [0.15, 0.2) is 84.9 Å². The average molecular weight is 398 g/mol. The van der Waals surface area contributed by atoms with Crippen LogP contribution < -0.4 is 20.1 Å². The molecule has 6 nitrogen and oxygen atoms in total. The molecule has 4 rings (SSSR count). The zero-order chi connectivity index (χ0) is 20.8. The monoisotopic (exact) mass is 398 g/mol. The average Bonchev–Trinajstić information content (AvgIpc) is 2.80. The first kappa shape index (κ1) is 19.3. The van der Waals surface area contributed by atoms with Gasteiger partial charge in [-0.15, -0.1) is 0 Å². The van der Waals surface area contributed by atoms with Gasteiger partial charge in [-0.1, -0.05) is 48.5 Å². The van der Waals surface area contributed by atoms with Gasteiger partial charge in [0.25, 0.3) is 0 Å². The number of para-hydroxylation sites is 1. The molecule has 1 heterocycles. The Morgan fingerprint density at radius 2 is 1.33 bits per heavy atom. The second-order valence-corrected chi connectivity index (χ2v) is 6.51. The number of methoxy groups -OCH3 is 2. The molecule has 1 aromatic heterocycles. The second-order valence-electron chi connectivity index (χ2n) is 6.51. The minimum absolute atomic E-state index is 0.474. The fourth-order valence-corrected chi connectivity index (χ4v) is 3.04. The molecule has 0 aliphatic carbocycles. The summed E-state index contributed by atoms with van der Waals surface area (Å²) in [5, 5.41) is 6.61. The molecule has 4 aromatic rings. The van der Waals surface area contributed by atoms with Gasteiger partial charge in [-0.3, -0.25) is 0 Å². The number of benzene rings is 3. The molecule has 0 bridgehead atoms. The highest BCUT2D eigenvalue weighted by atomic mass is 16.5. The van der Waals surface area contributed by atoms with Crippen LogP contribution in [0.2, 0.25) is 0 Å². The van der Waals surface area contributed by atoms with Gasteiger partial charge in [-0.25, -0.2) is 4.98 Å². The summed E-state index contributed by atoms with van der Waals surface area (Å²) in [6.07, 6.45) is 0. The predicted octanol–water partition coefficient (Wildman–Crippen LogP) is 5.65. The third-order valence-electron chi connectivity index (χ3n) is 4.48. The van der Waals surface area contributed by atoms with Crippen molar-refractivity contribution < 1.29 is 9.47 Å². The molecule has 0 aliphatic rings. The zero-order valence-electron chi connectivity index (χ0n) is 16.8. The molecular weight excluding hydrogens is 376 g/mol. The highest BCUT2D eigenvalue weighted by molar-refractivity contribution is 5.69. The maximum absolute atomic E-state index is 5.39. The number of hydrogen-bond donors (Lipinski definition) is 2. The normalized spacial score (nSPS) is 10.3. The topological polar surface area (TPSA) is 68.3 Å². The predicted molar refractivity (Wildman–Crippen MR) is 120 cm³/mol. The maximum Gasteiger partial charge on any atom is 0.229 e. The lowest BCUT2D eigenvalue weighted by Gasteiger charge is -2.13. The Bertz CT molecular complexity index is 1120. The summed E-state index contributed by atoms with van der Waals surface area (Å²) >= 11 is 0. The molecule has 30 heavy (non-hydrogen) atoms. The number of nitrogens with one attached hydrogen (secondary N) is 2. The first-order valence-corrected chi connectivity index (χ1v) is 9.51. The Kier molecular flexibility index (Phi) is 5.75. The molecular formula is C24H22N4O2. The molecule has 6 heteroatoms. The lowest BCUT2D eigenvalue weighted by molar-refractivity contribution is 0.355. The number of anilines is 4. The van der Waals surface area contributed by atoms with Crippen molar-refractivity contribution in [2.45, 2.75) is 0 Å². The van der Waals surface area contributed by atoms with Crippen molar-refractivity contribution in [2.75, 3.05) is 24.9 Å². The second kappa shape index (κ2) is 8.96. The van der Waals surface area contributed by atoms with Crippen LogP contribution in [-0.4, -0.2) is 24.2 Å². The number of rotatable bonds is 7. The van der Waals surface area contributed by atoms with E-state index < -0.39 is 0 Å². The summed E-state index contributed by atoms with van der Waals surface area (Å²) in [7, 11) is 3.22. The van der Waals surface area contributed by atoms with E-state index in [1.807, 2.05) is 84.9 Å². The largest absolute Gasteiger partial charge is 0.493 e. The summed E-state index contributed by atoms with van der Waals surface area (Å²) in [6, 6.07) is 27.4. The zero-order valence-corrected chi connectivity index (χ0v) is 16.8. The fourth-order valence-electron chi connectivity index (χ4n) is 3.04. The van der Waals surface area contributed by atoms with E-state index in [9.17, 15) is 0 Å². The van der Waals surface area contributed by atoms with Crippen molar-refractivity contribution in [2.24, 2.45) is 0 Å². The van der Waals surface area contributed by atoms with E-state index in [0.717, 1.165) is 22.6 Å². The third kappa shape index (κ3) is 4.50. The van der Waals surface area contributed by atoms with Crippen LogP contribution >= 0.6 is 0 Å². The fraction of sp³-hybridized carbons (Fsp3) is 0.0833. The van der Waals surface area contributed by atoms with Crippen LogP contribution in [0.5, 0.6) is 11.5 Å². The first-order chi connectivity index (χ1) is 14.7. The van der Waals surface area contributed by atoms with E-state index in [1.54, 1.807) is 14.2 Å². The number of nitrogens with zero attached hydrogens (tertiary/aromatic N) is 2. The van der Waals surface area contributed by atoms with Crippen LogP contribution in [0.3, 0.4) is 0 Å². The molecule has 0 fully saturated rings. The molecule has 0 unspecified atom stereocenters. The molecule has 150 valence electrons. The summed E-state index contributed by atoms with van der Waals surface area (Å²) in [5.74, 6) is 2.46. The molecule has 2 N–H and O–H groups in total. The standard InChI is InChI=1S/C24H22N4O2/c1-29-21-14-13-19(15-22(21)30-2)26-24-27-20(17-9-5-3-6-10-17)16-23(28-24)25-18-11-7-4-8-12-18/h3-16H,1-2H3,(H2,25,26,27,28). The highest BCUT2D eigenvalue weighted by Crippen LogP contribution is 2.31. The van der Waals surface area contributed by atoms with Gasteiger partial charge in [0.05, 0.1) is 19.9 Å². The Hall–Kier alpha value is -4.06. The van der Waals surface area contributed by atoms with Crippen molar-refractivity contribution in [1.29, 1.82) is 0 Å². The van der Waals surface area contributed by atoms with Crippen LogP contribution in [0.4, 0.5) is 23.1 Å². The minimum atomic E-state index is 0.474. The molecule has 0 radical (unpaired) electrons. The van der Waals surface area contributed by atoms with Crippen LogP contribution in [0, 0.1) is 0 Å². The minimum Gasteiger partial charge on any atom is -0.493 e. The Labute approximate surface area is 175 Å².